The van der Waals surface area contributed by atoms with Gasteiger partial charge in [-0.1, -0.05) is 33.6 Å². The average molecular weight is 261 g/mol. The lowest BCUT2D eigenvalue weighted by Crippen LogP contribution is -2.19. The molecule has 0 saturated heterocycles. The molecule has 1 aliphatic rings. The summed E-state index contributed by atoms with van der Waals surface area (Å²) in [6, 6.07) is 6.04. The van der Waals surface area contributed by atoms with Crippen molar-refractivity contribution in [3.8, 4) is 0 Å². The molecule has 0 heterocycles. The van der Waals surface area contributed by atoms with Gasteiger partial charge in [-0.05, 0) is 30.5 Å². The van der Waals surface area contributed by atoms with E-state index in [0.29, 0.717) is 6.54 Å². The summed E-state index contributed by atoms with van der Waals surface area (Å²) >= 11 is 9.54. The summed E-state index contributed by atoms with van der Waals surface area (Å²) < 4.78 is 1.02. The zero-order valence-electron chi connectivity index (χ0n) is 7.19. The maximum atomic E-state index is 6.15. The summed E-state index contributed by atoms with van der Waals surface area (Å²) in [5, 5.41) is 0.831. The smallest absolute Gasteiger partial charge is 0.0455 e. The second kappa shape index (κ2) is 3.26. The molecule has 0 amide bonds. The molecule has 1 aromatic carbocycles. The van der Waals surface area contributed by atoms with Crippen molar-refractivity contribution in [1.82, 2.24) is 0 Å². The molecule has 1 nitrogen and oxygen atoms in total. The van der Waals surface area contributed by atoms with Gasteiger partial charge < -0.3 is 5.73 Å². The van der Waals surface area contributed by atoms with Gasteiger partial charge in [-0.15, -0.1) is 0 Å². The van der Waals surface area contributed by atoms with Crippen molar-refractivity contribution in [2.75, 3.05) is 6.54 Å². The summed E-state index contributed by atoms with van der Waals surface area (Å²) in [5.41, 5.74) is 7.14. The van der Waals surface area contributed by atoms with Crippen LogP contribution in [0, 0.1) is 0 Å². The van der Waals surface area contributed by atoms with Gasteiger partial charge in [0, 0.05) is 21.5 Å². The predicted molar refractivity (Wildman–Crippen MR) is 59.1 cm³/mol. The highest BCUT2D eigenvalue weighted by Gasteiger charge is 2.44. The van der Waals surface area contributed by atoms with Crippen LogP contribution in [0.4, 0.5) is 0 Å². The second-order valence-corrected chi connectivity index (χ2v) is 4.93. The molecule has 3 heteroatoms. The van der Waals surface area contributed by atoms with Gasteiger partial charge in [0.25, 0.3) is 0 Å². The highest BCUT2D eigenvalue weighted by atomic mass is 79.9. The maximum Gasteiger partial charge on any atom is 0.0455 e. The van der Waals surface area contributed by atoms with Crippen LogP contribution >= 0.6 is 27.5 Å². The zero-order valence-corrected chi connectivity index (χ0v) is 9.53. The van der Waals surface area contributed by atoms with Gasteiger partial charge in [-0.3, -0.25) is 0 Å². The molecule has 1 saturated carbocycles. The van der Waals surface area contributed by atoms with Crippen LogP contribution in [0.5, 0.6) is 0 Å². The summed E-state index contributed by atoms with van der Waals surface area (Å²) in [6.45, 7) is 0.703. The first-order valence-electron chi connectivity index (χ1n) is 4.33. The number of benzene rings is 1. The van der Waals surface area contributed by atoms with E-state index < -0.39 is 0 Å². The monoisotopic (exact) mass is 259 g/mol. The summed E-state index contributed by atoms with van der Waals surface area (Å²) in [7, 11) is 0. The van der Waals surface area contributed by atoms with Crippen LogP contribution in [0.2, 0.25) is 5.02 Å². The van der Waals surface area contributed by atoms with E-state index in [9.17, 15) is 0 Å². The molecule has 0 aromatic heterocycles. The van der Waals surface area contributed by atoms with Gasteiger partial charge in [0.05, 0.1) is 0 Å². The number of halogens is 2. The lowest BCUT2D eigenvalue weighted by atomic mass is 9.96. The van der Waals surface area contributed by atoms with Crippen LogP contribution < -0.4 is 5.73 Å². The summed E-state index contributed by atoms with van der Waals surface area (Å²) in [5.74, 6) is 0. The first-order valence-corrected chi connectivity index (χ1v) is 5.51. The molecule has 0 unspecified atom stereocenters. The first kappa shape index (κ1) is 9.50. The molecular formula is C10H11BrClN. The molecule has 1 aromatic rings. The van der Waals surface area contributed by atoms with E-state index in [0.717, 1.165) is 9.50 Å². The third-order valence-corrected chi connectivity index (χ3v) is 3.55. The van der Waals surface area contributed by atoms with Crippen LogP contribution in [0.25, 0.3) is 0 Å². The van der Waals surface area contributed by atoms with E-state index in [-0.39, 0.29) is 5.41 Å². The molecule has 0 bridgehead atoms. The van der Waals surface area contributed by atoms with Crippen molar-refractivity contribution in [2.24, 2.45) is 5.73 Å². The van der Waals surface area contributed by atoms with E-state index in [4.69, 9.17) is 17.3 Å². The Hall–Kier alpha value is -0.0500. The fourth-order valence-corrected chi connectivity index (χ4v) is 2.53. The molecule has 2 N–H and O–H groups in total. The van der Waals surface area contributed by atoms with Gasteiger partial charge in [0.2, 0.25) is 0 Å². The van der Waals surface area contributed by atoms with Crippen molar-refractivity contribution in [1.29, 1.82) is 0 Å². The Morgan fingerprint density at radius 3 is 2.62 bits per heavy atom. The molecule has 0 spiro atoms. The van der Waals surface area contributed by atoms with Crippen molar-refractivity contribution < 1.29 is 0 Å². The van der Waals surface area contributed by atoms with Crippen LogP contribution in [0.1, 0.15) is 18.4 Å². The number of hydrogen-bond acceptors (Lipinski definition) is 1. The van der Waals surface area contributed by atoms with Crippen LogP contribution in [-0.2, 0) is 5.41 Å². The predicted octanol–water partition coefficient (Wildman–Crippen LogP) is 3.09. The third kappa shape index (κ3) is 1.63. The SMILES string of the molecule is NCC1(c2ccc(Br)cc2Cl)CC1. The molecule has 0 aliphatic heterocycles. The fraction of sp³-hybridized carbons (Fsp3) is 0.400. The van der Waals surface area contributed by atoms with E-state index >= 15 is 0 Å². The minimum atomic E-state index is 0.192. The lowest BCUT2D eigenvalue weighted by molar-refractivity contribution is 0.705. The Kier molecular flexibility index (Phi) is 2.39. The van der Waals surface area contributed by atoms with E-state index in [1.807, 2.05) is 12.1 Å². The minimum Gasteiger partial charge on any atom is -0.330 e. The Morgan fingerprint density at radius 2 is 2.15 bits per heavy atom. The molecule has 0 radical (unpaired) electrons. The highest BCUT2D eigenvalue weighted by Crippen LogP contribution is 2.49. The molecule has 13 heavy (non-hydrogen) atoms. The Morgan fingerprint density at radius 1 is 1.46 bits per heavy atom. The minimum absolute atomic E-state index is 0.192. The molecule has 2 rings (SSSR count). The fourth-order valence-electron chi connectivity index (χ4n) is 1.65. The molecule has 1 aliphatic carbocycles. The second-order valence-electron chi connectivity index (χ2n) is 3.61. The first-order chi connectivity index (χ1) is 6.18. The number of nitrogens with two attached hydrogens (primary N) is 1. The summed E-state index contributed by atoms with van der Waals surface area (Å²) in [4.78, 5) is 0. The van der Waals surface area contributed by atoms with Crippen LogP contribution in [0.15, 0.2) is 22.7 Å². The largest absolute Gasteiger partial charge is 0.330 e. The Labute approximate surface area is 91.4 Å². The quantitative estimate of drug-likeness (QED) is 0.869. The van der Waals surface area contributed by atoms with Crippen LogP contribution in [0.3, 0.4) is 0 Å². The molecular weight excluding hydrogens is 249 g/mol. The van der Waals surface area contributed by atoms with Gasteiger partial charge in [0.15, 0.2) is 0 Å². The summed E-state index contributed by atoms with van der Waals surface area (Å²) in [6.07, 6.45) is 2.34. The van der Waals surface area contributed by atoms with Crippen molar-refractivity contribution in [3.05, 3.63) is 33.3 Å². The standard InChI is InChI=1S/C10H11BrClN/c11-7-1-2-8(9(12)5-7)10(6-13)3-4-10/h1-2,5H,3-4,6,13H2. The zero-order chi connectivity index (χ0) is 9.47. The average Bonchev–Trinajstić information content (AvgIpc) is 2.85. The van der Waals surface area contributed by atoms with Gasteiger partial charge in [-0.2, -0.15) is 0 Å². The van der Waals surface area contributed by atoms with E-state index in [1.165, 1.54) is 18.4 Å². The van der Waals surface area contributed by atoms with Crippen LogP contribution in [-0.4, -0.2) is 6.54 Å². The normalized spacial score (nSPS) is 18.7. The molecule has 0 atom stereocenters. The number of rotatable bonds is 2. The third-order valence-electron chi connectivity index (χ3n) is 2.75. The Balaban J connectivity index is 2.41. The maximum absolute atomic E-state index is 6.15. The van der Waals surface area contributed by atoms with Gasteiger partial charge in [-0.25, -0.2) is 0 Å². The molecule has 70 valence electrons. The molecule has 1 fully saturated rings. The highest BCUT2D eigenvalue weighted by molar-refractivity contribution is 9.10. The van der Waals surface area contributed by atoms with Crippen molar-refractivity contribution in [3.63, 3.8) is 0 Å². The van der Waals surface area contributed by atoms with E-state index in [1.54, 1.807) is 0 Å². The van der Waals surface area contributed by atoms with Crippen molar-refractivity contribution in [2.45, 2.75) is 18.3 Å². The van der Waals surface area contributed by atoms with Gasteiger partial charge in [0.1, 0.15) is 0 Å². The van der Waals surface area contributed by atoms with Gasteiger partial charge >= 0.3 is 0 Å². The van der Waals surface area contributed by atoms with E-state index in [2.05, 4.69) is 22.0 Å². The van der Waals surface area contributed by atoms with Crippen molar-refractivity contribution >= 4 is 27.5 Å². The lowest BCUT2D eigenvalue weighted by Gasteiger charge is -2.14. The number of hydrogen-bond donors (Lipinski definition) is 1. The topological polar surface area (TPSA) is 26.0 Å². The Bertz CT molecular complexity index is 334.